The molecule has 142 valence electrons. The van der Waals surface area contributed by atoms with E-state index in [2.05, 4.69) is 36.6 Å². The molecule has 0 aromatic carbocycles. The quantitative estimate of drug-likeness (QED) is 0.652. The monoisotopic (exact) mass is 385 g/mol. The number of likely N-dealkylation sites (tertiary alicyclic amines) is 1. The Morgan fingerprint density at radius 2 is 2.33 bits per heavy atom. The van der Waals surface area contributed by atoms with E-state index in [0.29, 0.717) is 22.7 Å². The molecule has 3 aromatic heterocycles. The molecule has 27 heavy (non-hydrogen) atoms. The number of aromatic amines is 1. The predicted octanol–water partition coefficient (Wildman–Crippen LogP) is 2.85. The zero-order valence-electron chi connectivity index (χ0n) is 15.3. The number of hydrogen-bond acceptors (Lipinski definition) is 6. The van der Waals surface area contributed by atoms with Crippen LogP contribution in [-0.2, 0) is 6.54 Å². The summed E-state index contributed by atoms with van der Waals surface area (Å²) in [6, 6.07) is 6.34. The smallest absolute Gasteiger partial charge is 0.268 e. The first-order chi connectivity index (χ1) is 13.2. The lowest BCUT2D eigenvalue weighted by Gasteiger charge is -2.23. The summed E-state index contributed by atoms with van der Waals surface area (Å²) in [6.07, 6.45) is 7.23. The molecule has 8 nitrogen and oxygen atoms in total. The SMILES string of the molecule is Cc1nc(NC(=O)c2ccc([C@@H]3CCCN3CCCn3cccn3)s2)n[nH]1. The van der Waals surface area contributed by atoms with Crippen LogP contribution in [0, 0.1) is 6.92 Å². The van der Waals surface area contributed by atoms with E-state index < -0.39 is 0 Å². The van der Waals surface area contributed by atoms with E-state index in [4.69, 9.17) is 0 Å². The molecule has 3 aromatic rings. The molecule has 1 saturated heterocycles. The summed E-state index contributed by atoms with van der Waals surface area (Å²) >= 11 is 1.56. The maximum Gasteiger partial charge on any atom is 0.268 e. The summed E-state index contributed by atoms with van der Waals surface area (Å²) in [6.45, 7) is 4.89. The van der Waals surface area contributed by atoms with Crippen LogP contribution in [0.3, 0.4) is 0 Å². The largest absolute Gasteiger partial charge is 0.295 e. The highest BCUT2D eigenvalue weighted by molar-refractivity contribution is 7.14. The Hall–Kier alpha value is -2.52. The van der Waals surface area contributed by atoms with Gasteiger partial charge < -0.3 is 0 Å². The topological polar surface area (TPSA) is 91.7 Å². The van der Waals surface area contributed by atoms with Gasteiger partial charge in [0.1, 0.15) is 5.82 Å². The molecule has 1 amide bonds. The summed E-state index contributed by atoms with van der Waals surface area (Å²) in [4.78, 5) is 21.0. The highest BCUT2D eigenvalue weighted by Crippen LogP contribution is 2.36. The van der Waals surface area contributed by atoms with Crippen molar-refractivity contribution in [2.75, 3.05) is 18.4 Å². The van der Waals surface area contributed by atoms with Gasteiger partial charge in [0.2, 0.25) is 5.95 Å². The number of amides is 1. The fraction of sp³-hybridized carbons (Fsp3) is 0.444. The molecule has 1 atom stereocenters. The van der Waals surface area contributed by atoms with Crippen LogP contribution < -0.4 is 5.32 Å². The van der Waals surface area contributed by atoms with Crippen LogP contribution in [0.2, 0.25) is 0 Å². The van der Waals surface area contributed by atoms with Gasteiger partial charge in [-0.05, 0) is 50.9 Å². The minimum Gasteiger partial charge on any atom is -0.295 e. The third-order valence-corrected chi connectivity index (χ3v) is 5.94. The average molecular weight is 385 g/mol. The number of aromatic nitrogens is 5. The Morgan fingerprint density at radius 1 is 1.41 bits per heavy atom. The van der Waals surface area contributed by atoms with Gasteiger partial charge in [-0.15, -0.1) is 16.4 Å². The number of carbonyl (C=O) groups is 1. The Labute approximate surface area is 161 Å². The minimum atomic E-state index is -0.159. The molecule has 4 heterocycles. The zero-order chi connectivity index (χ0) is 18.6. The Morgan fingerprint density at radius 3 is 3.11 bits per heavy atom. The summed E-state index contributed by atoms with van der Waals surface area (Å²) < 4.78 is 1.98. The van der Waals surface area contributed by atoms with Gasteiger partial charge in [0.05, 0.1) is 4.88 Å². The predicted molar refractivity (Wildman–Crippen MR) is 104 cm³/mol. The van der Waals surface area contributed by atoms with Crippen molar-refractivity contribution in [1.82, 2.24) is 29.9 Å². The van der Waals surface area contributed by atoms with E-state index in [1.165, 1.54) is 11.3 Å². The van der Waals surface area contributed by atoms with Crippen molar-refractivity contribution in [3.05, 3.63) is 46.2 Å². The lowest BCUT2D eigenvalue weighted by Crippen LogP contribution is -2.24. The van der Waals surface area contributed by atoms with Gasteiger partial charge in [0.15, 0.2) is 0 Å². The van der Waals surface area contributed by atoms with Crippen LogP contribution in [-0.4, -0.2) is 48.9 Å². The second-order valence-electron chi connectivity index (χ2n) is 6.72. The molecule has 0 bridgehead atoms. The standard InChI is InChI=1S/C18H23N7OS/c1-13-20-18(23-22-13)21-17(26)16-7-6-15(27-16)14-5-2-9-24(14)10-4-12-25-11-3-8-19-25/h3,6-8,11,14H,2,4-5,9-10,12H2,1H3,(H2,20,21,22,23,26)/t14-/m0/s1. The van der Waals surface area contributed by atoms with E-state index in [1.54, 1.807) is 18.3 Å². The molecular formula is C18H23N7OS. The van der Waals surface area contributed by atoms with E-state index in [-0.39, 0.29) is 5.91 Å². The first-order valence-electron chi connectivity index (χ1n) is 9.20. The number of nitrogens with one attached hydrogen (secondary N) is 2. The molecule has 0 saturated carbocycles. The minimum absolute atomic E-state index is 0.159. The van der Waals surface area contributed by atoms with Crippen LogP contribution in [0.4, 0.5) is 5.95 Å². The van der Waals surface area contributed by atoms with Crippen molar-refractivity contribution in [2.45, 2.75) is 38.8 Å². The van der Waals surface area contributed by atoms with Crippen molar-refractivity contribution in [1.29, 1.82) is 0 Å². The van der Waals surface area contributed by atoms with Crippen molar-refractivity contribution < 1.29 is 4.79 Å². The third kappa shape index (κ3) is 4.25. The normalized spacial score (nSPS) is 17.4. The fourth-order valence-electron chi connectivity index (χ4n) is 3.50. The van der Waals surface area contributed by atoms with Crippen LogP contribution >= 0.6 is 11.3 Å². The molecule has 0 radical (unpaired) electrons. The van der Waals surface area contributed by atoms with Gasteiger partial charge in [-0.2, -0.15) is 10.1 Å². The maximum atomic E-state index is 12.4. The molecule has 9 heteroatoms. The van der Waals surface area contributed by atoms with Crippen molar-refractivity contribution >= 4 is 23.2 Å². The molecule has 1 aliphatic heterocycles. The maximum absolute atomic E-state index is 12.4. The summed E-state index contributed by atoms with van der Waals surface area (Å²) in [7, 11) is 0. The lowest BCUT2D eigenvalue weighted by molar-refractivity contribution is 0.102. The number of nitrogens with zero attached hydrogens (tertiary/aromatic N) is 5. The first-order valence-corrected chi connectivity index (χ1v) is 10.0. The molecule has 1 aliphatic rings. The number of anilines is 1. The fourth-order valence-corrected chi connectivity index (χ4v) is 4.57. The summed E-state index contributed by atoms with van der Waals surface area (Å²) in [5.41, 5.74) is 0. The molecule has 0 spiro atoms. The molecule has 0 unspecified atom stereocenters. The third-order valence-electron chi connectivity index (χ3n) is 4.76. The van der Waals surface area contributed by atoms with Crippen LogP contribution in [0.5, 0.6) is 0 Å². The van der Waals surface area contributed by atoms with Crippen LogP contribution in [0.1, 0.15) is 45.7 Å². The number of thiophene rings is 1. The molecule has 2 N–H and O–H groups in total. The van der Waals surface area contributed by atoms with Crippen molar-refractivity contribution in [3.8, 4) is 0 Å². The van der Waals surface area contributed by atoms with Gasteiger partial charge in [0.25, 0.3) is 5.91 Å². The van der Waals surface area contributed by atoms with Crippen LogP contribution in [0.15, 0.2) is 30.6 Å². The van der Waals surface area contributed by atoms with Crippen molar-refractivity contribution in [3.63, 3.8) is 0 Å². The number of carbonyl (C=O) groups excluding carboxylic acids is 1. The van der Waals surface area contributed by atoms with Crippen LogP contribution in [0.25, 0.3) is 0 Å². The summed E-state index contributed by atoms with van der Waals surface area (Å²) in [5, 5.41) is 13.7. The number of H-pyrrole nitrogens is 1. The first kappa shape index (κ1) is 17.9. The number of hydrogen-bond donors (Lipinski definition) is 2. The van der Waals surface area contributed by atoms with Gasteiger partial charge in [-0.3, -0.25) is 24.8 Å². The molecule has 1 fully saturated rings. The Bertz CT molecular complexity index is 885. The van der Waals surface area contributed by atoms with E-state index in [1.807, 2.05) is 29.2 Å². The Balaban J connectivity index is 1.35. The highest BCUT2D eigenvalue weighted by atomic mass is 32.1. The lowest BCUT2D eigenvalue weighted by atomic mass is 10.2. The second-order valence-corrected chi connectivity index (χ2v) is 7.83. The molecular weight excluding hydrogens is 362 g/mol. The highest BCUT2D eigenvalue weighted by Gasteiger charge is 2.27. The van der Waals surface area contributed by atoms with E-state index in [9.17, 15) is 4.79 Å². The second kappa shape index (κ2) is 8.01. The molecule has 4 rings (SSSR count). The van der Waals surface area contributed by atoms with Gasteiger partial charge in [0, 0.05) is 36.4 Å². The van der Waals surface area contributed by atoms with Gasteiger partial charge in [-0.1, -0.05) is 0 Å². The van der Waals surface area contributed by atoms with Crippen molar-refractivity contribution in [2.24, 2.45) is 0 Å². The Kier molecular flexibility index (Phi) is 5.30. The van der Waals surface area contributed by atoms with E-state index in [0.717, 1.165) is 32.5 Å². The zero-order valence-corrected chi connectivity index (χ0v) is 16.1. The average Bonchev–Trinajstić information content (AvgIpc) is 3.43. The number of aryl methyl sites for hydroxylation is 2. The number of rotatable bonds is 7. The van der Waals surface area contributed by atoms with E-state index >= 15 is 0 Å². The van der Waals surface area contributed by atoms with Gasteiger partial charge in [-0.25, -0.2) is 0 Å². The van der Waals surface area contributed by atoms with Gasteiger partial charge >= 0.3 is 0 Å². The molecule has 0 aliphatic carbocycles. The summed E-state index contributed by atoms with van der Waals surface area (Å²) in [5.74, 6) is 0.830.